The maximum atomic E-state index is 13.0. The van der Waals surface area contributed by atoms with Crippen molar-refractivity contribution in [2.24, 2.45) is 11.8 Å². The summed E-state index contributed by atoms with van der Waals surface area (Å²) in [7, 11) is 3.71. The molecule has 1 aromatic heterocycles. The standard InChI is InChI=1S/C20H33N3O4/c1-14(2)18-6-5-17(19(25)21-18)20(26)23-11-15(9-16(12-23)13-24)10-22(3)7-8-27-4/h5-6,14-16,24H,7-13H2,1-4H3,(H,21,25)/t15-,16+/m0/s1. The molecule has 2 heterocycles. The molecule has 1 saturated heterocycles. The lowest BCUT2D eigenvalue weighted by atomic mass is 9.89. The van der Waals surface area contributed by atoms with E-state index in [0.717, 1.165) is 25.2 Å². The number of aromatic amines is 1. The number of hydrogen-bond acceptors (Lipinski definition) is 5. The normalized spacial score (nSPS) is 20.5. The third-order valence-corrected chi connectivity index (χ3v) is 5.20. The highest BCUT2D eigenvalue weighted by molar-refractivity contribution is 5.93. The summed E-state index contributed by atoms with van der Waals surface area (Å²) in [5.74, 6) is 0.241. The van der Waals surface area contributed by atoms with Crippen molar-refractivity contribution in [1.29, 1.82) is 0 Å². The van der Waals surface area contributed by atoms with Crippen LogP contribution in [-0.2, 0) is 4.74 Å². The van der Waals surface area contributed by atoms with E-state index in [1.54, 1.807) is 18.1 Å². The number of nitrogens with one attached hydrogen (secondary N) is 1. The van der Waals surface area contributed by atoms with Crippen LogP contribution in [-0.4, -0.2) is 79.3 Å². The van der Waals surface area contributed by atoms with Gasteiger partial charge in [0.1, 0.15) is 5.56 Å². The number of pyridine rings is 1. The number of ether oxygens (including phenoxy) is 1. The largest absolute Gasteiger partial charge is 0.396 e. The number of likely N-dealkylation sites (N-methyl/N-ethyl adjacent to an activating group) is 1. The highest BCUT2D eigenvalue weighted by Crippen LogP contribution is 2.23. The van der Waals surface area contributed by atoms with Crippen LogP contribution in [0.2, 0.25) is 0 Å². The summed E-state index contributed by atoms with van der Waals surface area (Å²) in [5, 5.41) is 9.67. The van der Waals surface area contributed by atoms with E-state index in [2.05, 4.69) is 9.88 Å². The van der Waals surface area contributed by atoms with Crippen molar-refractivity contribution in [2.75, 3.05) is 53.6 Å². The minimum atomic E-state index is -0.342. The molecule has 2 N–H and O–H groups in total. The average molecular weight is 380 g/mol. The van der Waals surface area contributed by atoms with Crippen LogP contribution >= 0.6 is 0 Å². The van der Waals surface area contributed by atoms with Gasteiger partial charge < -0.3 is 24.6 Å². The molecule has 7 heteroatoms. The van der Waals surface area contributed by atoms with Crippen molar-refractivity contribution >= 4 is 5.91 Å². The second kappa shape index (κ2) is 10.0. The molecule has 0 bridgehead atoms. The van der Waals surface area contributed by atoms with Gasteiger partial charge in [-0.15, -0.1) is 0 Å². The molecule has 0 spiro atoms. The summed E-state index contributed by atoms with van der Waals surface area (Å²) in [6.45, 7) is 7.42. The Kier molecular flexibility index (Phi) is 8.01. The first-order valence-corrected chi connectivity index (χ1v) is 9.66. The Hall–Kier alpha value is -1.70. The van der Waals surface area contributed by atoms with Crippen molar-refractivity contribution in [3.05, 3.63) is 33.7 Å². The SMILES string of the molecule is COCCN(C)C[C@@H]1C[C@@H](CO)CN(C(=O)c2ccc(C(C)C)[nH]c2=O)C1. The molecule has 0 radical (unpaired) electrons. The van der Waals surface area contributed by atoms with Crippen LogP contribution in [0.5, 0.6) is 0 Å². The summed E-state index contributed by atoms with van der Waals surface area (Å²) < 4.78 is 5.12. The van der Waals surface area contributed by atoms with E-state index < -0.39 is 0 Å². The number of aliphatic hydroxyl groups is 1. The van der Waals surface area contributed by atoms with Crippen molar-refractivity contribution in [3.8, 4) is 0 Å². The fraction of sp³-hybridized carbons (Fsp3) is 0.700. The highest BCUT2D eigenvalue weighted by Gasteiger charge is 2.31. The van der Waals surface area contributed by atoms with Crippen molar-refractivity contribution < 1.29 is 14.6 Å². The topological polar surface area (TPSA) is 85.9 Å². The summed E-state index contributed by atoms with van der Waals surface area (Å²) in [6, 6.07) is 3.43. The molecular weight excluding hydrogens is 346 g/mol. The van der Waals surface area contributed by atoms with Gasteiger partial charge in [0.05, 0.1) is 6.61 Å². The third-order valence-electron chi connectivity index (χ3n) is 5.20. The number of carbonyl (C=O) groups is 1. The summed E-state index contributed by atoms with van der Waals surface area (Å²) in [4.78, 5) is 32.1. The van der Waals surface area contributed by atoms with E-state index in [4.69, 9.17) is 4.74 Å². The molecule has 0 aromatic carbocycles. The zero-order valence-electron chi connectivity index (χ0n) is 16.9. The predicted octanol–water partition coefficient (Wildman–Crippen LogP) is 1.15. The van der Waals surface area contributed by atoms with Gasteiger partial charge in [0.2, 0.25) is 0 Å². The van der Waals surface area contributed by atoms with Crippen LogP contribution in [0, 0.1) is 11.8 Å². The number of nitrogens with zero attached hydrogens (tertiary/aromatic N) is 2. The Morgan fingerprint density at radius 1 is 1.37 bits per heavy atom. The maximum Gasteiger partial charge on any atom is 0.261 e. The molecule has 27 heavy (non-hydrogen) atoms. The molecule has 0 aliphatic carbocycles. The number of hydrogen-bond donors (Lipinski definition) is 2. The van der Waals surface area contributed by atoms with Gasteiger partial charge in [0, 0.05) is 45.6 Å². The fourth-order valence-corrected chi connectivity index (χ4v) is 3.69. The molecule has 1 amide bonds. The predicted molar refractivity (Wildman–Crippen MR) is 105 cm³/mol. The fourth-order valence-electron chi connectivity index (χ4n) is 3.69. The van der Waals surface area contributed by atoms with Crippen molar-refractivity contribution in [3.63, 3.8) is 0 Å². The Morgan fingerprint density at radius 2 is 2.07 bits per heavy atom. The van der Waals surface area contributed by atoms with E-state index in [1.165, 1.54) is 0 Å². The number of amides is 1. The zero-order chi connectivity index (χ0) is 20.0. The number of likely N-dealkylation sites (tertiary alicyclic amines) is 1. The Bertz CT molecular complexity index is 673. The van der Waals surface area contributed by atoms with Crippen molar-refractivity contribution in [1.82, 2.24) is 14.8 Å². The van der Waals surface area contributed by atoms with Crippen LogP contribution in [0.4, 0.5) is 0 Å². The number of H-pyrrole nitrogens is 1. The van der Waals surface area contributed by atoms with E-state index in [9.17, 15) is 14.7 Å². The summed E-state index contributed by atoms with van der Waals surface area (Å²) in [5.41, 5.74) is 0.650. The van der Waals surface area contributed by atoms with E-state index >= 15 is 0 Å². The van der Waals surface area contributed by atoms with Gasteiger partial charge in [-0.1, -0.05) is 13.8 Å². The minimum absolute atomic E-state index is 0.0394. The van der Waals surface area contributed by atoms with Gasteiger partial charge in [-0.3, -0.25) is 9.59 Å². The third kappa shape index (κ3) is 5.89. The van der Waals surface area contributed by atoms with Gasteiger partial charge in [-0.25, -0.2) is 0 Å². The molecule has 1 aliphatic heterocycles. The quantitative estimate of drug-likeness (QED) is 0.708. The number of piperidine rings is 1. The van der Waals surface area contributed by atoms with Crippen LogP contribution in [0.25, 0.3) is 0 Å². The summed E-state index contributed by atoms with van der Waals surface area (Å²) in [6.07, 6.45) is 0.875. The van der Waals surface area contributed by atoms with Gasteiger partial charge in [0.25, 0.3) is 11.5 Å². The number of methoxy groups -OCH3 is 1. The first kappa shape index (κ1) is 21.6. The van der Waals surface area contributed by atoms with Gasteiger partial charge in [0.15, 0.2) is 0 Å². The lowest BCUT2D eigenvalue weighted by Crippen LogP contribution is -2.48. The van der Waals surface area contributed by atoms with Crippen LogP contribution in [0.1, 0.15) is 42.2 Å². The van der Waals surface area contributed by atoms with Gasteiger partial charge in [-0.2, -0.15) is 0 Å². The highest BCUT2D eigenvalue weighted by atomic mass is 16.5. The van der Waals surface area contributed by atoms with Crippen LogP contribution in [0.15, 0.2) is 16.9 Å². The first-order chi connectivity index (χ1) is 12.8. The lowest BCUT2D eigenvalue weighted by Gasteiger charge is -2.38. The van der Waals surface area contributed by atoms with Crippen LogP contribution < -0.4 is 5.56 Å². The van der Waals surface area contributed by atoms with Crippen molar-refractivity contribution in [2.45, 2.75) is 26.2 Å². The van der Waals surface area contributed by atoms with Gasteiger partial charge in [-0.05, 0) is 43.4 Å². The Balaban J connectivity index is 2.11. The minimum Gasteiger partial charge on any atom is -0.396 e. The van der Waals surface area contributed by atoms with Crippen LogP contribution in [0.3, 0.4) is 0 Å². The second-order valence-corrected chi connectivity index (χ2v) is 7.93. The molecule has 1 aliphatic rings. The van der Waals surface area contributed by atoms with E-state index in [-0.39, 0.29) is 41.4 Å². The molecule has 1 fully saturated rings. The van der Waals surface area contributed by atoms with E-state index in [1.807, 2.05) is 27.0 Å². The Morgan fingerprint density at radius 3 is 2.67 bits per heavy atom. The molecule has 0 saturated carbocycles. The smallest absolute Gasteiger partial charge is 0.261 e. The average Bonchev–Trinajstić information content (AvgIpc) is 2.65. The van der Waals surface area contributed by atoms with E-state index in [0.29, 0.717) is 19.7 Å². The lowest BCUT2D eigenvalue weighted by molar-refractivity contribution is 0.0449. The number of rotatable bonds is 8. The maximum absolute atomic E-state index is 13.0. The molecule has 152 valence electrons. The first-order valence-electron chi connectivity index (χ1n) is 9.66. The molecule has 2 rings (SSSR count). The Labute approximate surface area is 161 Å². The molecular formula is C20H33N3O4. The molecule has 1 aromatic rings. The molecule has 0 unspecified atom stereocenters. The monoisotopic (exact) mass is 379 g/mol. The zero-order valence-corrected chi connectivity index (χ0v) is 16.9. The number of aliphatic hydroxyl groups excluding tert-OH is 1. The number of carbonyl (C=O) groups excluding carboxylic acids is 1. The van der Waals surface area contributed by atoms with Gasteiger partial charge >= 0.3 is 0 Å². The number of aromatic nitrogens is 1. The molecule has 7 nitrogen and oxygen atoms in total. The summed E-state index contributed by atoms with van der Waals surface area (Å²) >= 11 is 0. The second-order valence-electron chi connectivity index (χ2n) is 7.93. The molecule has 2 atom stereocenters.